The first-order chi connectivity index (χ1) is 14.6. The van der Waals surface area contributed by atoms with E-state index in [-0.39, 0.29) is 31.8 Å². The van der Waals surface area contributed by atoms with Gasteiger partial charge in [0.25, 0.3) is 10.0 Å². The molecule has 12 heteroatoms. The monoisotopic (exact) mass is 488 g/mol. The Bertz CT molecular complexity index is 1210. The fourth-order valence-electron chi connectivity index (χ4n) is 3.15. The van der Waals surface area contributed by atoms with Gasteiger partial charge in [0.15, 0.2) is 0 Å². The molecule has 1 aliphatic heterocycles. The summed E-state index contributed by atoms with van der Waals surface area (Å²) in [6, 6.07) is 7.50. The molecule has 2 aromatic carbocycles. The molecule has 0 aliphatic carbocycles. The molecule has 0 atom stereocenters. The Morgan fingerprint density at radius 3 is 2.26 bits per heavy atom. The first-order valence-corrected chi connectivity index (χ1v) is 12.5. The van der Waals surface area contributed by atoms with Crippen molar-refractivity contribution < 1.29 is 31.1 Å². The maximum atomic E-state index is 12.9. The average Bonchev–Trinajstić information content (AvgIpc) is 3.29. The molecule has 0 saturated carbocycles. The number of nitrogens with one attached hydrogen (secondary N) is 1. The molecule has 1 aliphatic rings. The van der Waals surface area contributed by atoms with Crippen LogP contribution in [0.2, 0.25) is 5.02 Å². The van der Waals surface area contributed by atoms with Gasteiger partial charge < -0.3 is 9.47 Å². The van der Waals surface area contributed by atoms with E-state index in [0.717, 1.165) is 26.0 Å². The van der Waals surface area contributed by atoms with E-state index in [1.807, 2.05) is 0 Å². The van der Waals surface area contributed by atoms with Crippen LogP contribution in [0.15, 0.2) is 46.2 Å². The lowest BCUT2D eigenvalue weighted by molar-refractivity contribution is 0.0600. The molecule has 0 bridgehead atoms. The molecule has 1 heterocycles. The van der Waals surface area contributed by atoms with Gasteiger partial charge in [-0.3, -0.25) is 4.72 Å². The fourth-order valence-corrected chi connectivity index (χ4v) is 5.97. The van der Waals surface area contributed by atoms with Crippen molar-refractivity contribution >= 4 is 43.3 Å². The van der Waals surface area contributed by atoms with Crippen molar-refractivity contribution in [1.82, 2.24) is 4.31 Å². The zero-order valence-electron chi connectivity index (χ0n) is 16.8. The van der Waals surface area contributed by atoms with E-state index in [1.54, 1.807) is 0 Å². The first kappa shape index (κ1) is 23.3. The van der Waals surface area contributed by atoms with E-state index in [2.05, 4.69) is 9.46 Å². The zero-order valence-corrected chi connectivity index (χ0v) is 19.2. The van der Waals surface area contributed by atoms with Gasteiger partial charge in [0.05, 0.1) is 40.3 Å². The Kier molecular flexibility index (Phi) is 6.79. The number of halogens is 1. The van der Waals surface area contributed by atoms with Gasteiger partial charge in [0.2, 0.25) is 10.0 Å². The van der Waals surface area contributed by atoms with E-state index in [9.17, 15) is 21.6 Å². The third-order valence-electron chi connectivity index (χ3n) is 4.77. The molecule has 2 aromatic rings. The summed E-state index contributed by atoms with van der Waals surface area (Å²) in [5, 5.41) is 0.0297. The molecule has 0 spiro atoms. The van der Waals surface area contributed by atoms with E-state index in [4.69, 9.17) is 16.3 Å². The van der Waals surface area contributed by atoms with Crippen molar-refractivity contribution in [3.05, 3.63) is 47.0 Å². The van der Waals surface area contributed by atoms with Crippen LogP contribution < -0.4 is 9.46 Å². The SMILES string of the molecule is COC(=O)c1cc(S(=O)(=O)Nc2cc(S(=O)(=O)N3CCCC3)ccc2OC)ccc1Cl. The molecule has 0 aromatic heterocycles. The Morgan fingerprint density at radius 1 is 1.00 bits per heavy atom. The summed E-state index contributed by atoms with van der Waals surface area (Å²) in [5.41, 5.74) is -0.179. The van der Waals surface area contributed by atoms with E-state index >= 15 is 0 Å². The number of methoxy groups -OCH3 is 2. The number of sulfonamides is 2. The minimum absolute atomic E-state index is 0.0297. The highest BCUT2D eigenvalue weighted by Gasteiger charge is 2.29. The average molecular weight is 489 g/mol. The van der Waals surface area contributed by atoms with Crippen LogP contribution in [-0.4, -0.2) is 54.4 Å². The topological polar surface area (TPSA) is 119 Å². The normalized spacial score (nSPS) is 14.9. The molecule has 9 nitrogen and oxygen atoms in total. The lowest BCUT2D eigenvalue weighted by atomic mass is 10.2. The van der Waals surface area contributed by atoms with Crippen LogP contribution in [0, 0.1) is 0 Å². The Labute approximate surface area is 186 Å². The molecule has 0 unspecified atom stereocenters. The molecule has 1 saturated heterocycles. The van der Waals surface area contributed by atoms with Crippen LogP contribution in [0.1, 0.15) is 23.2 Å². The van der Waals surface area contributed by atoms with Gasteiger partial charge in [-0.1, -0.05) is 11.6 Å². The summed E-state index contributed by atoms with van der Waals surface area (Å²) in [5.74, 6) is -0.663. The molecular weight excluding hydrogens is 468 g/mol. The number of nitrogens with zero attached hydrogens (tertiary/aromatic N) is 1. The van der Waals surface area contributed by atoms with Crippen LogP contribution in [-0.2, 0) is 24.8 Å². The van der Waals surface area contributed by atoms with Crippen molar-refractivity contribution in [2.24, 2.45) is 0 Å². The molecule has 0 radical (unpaired) electrons. The van der Waals surface area contributed by atoms with E-state index < -0.39 is 26.0 Å². The van der Waals surface area contributed by atoms with Gasteiger partial charge >= 0.3 is 5.97 Å². The number of rotatable bonds is 7. The number of hydrogen-bond acceptors (Lipinski definition) is 7. The van der Waals surface area contributed by atoms with Crippen LogP contribution in [0.25, 0.3) is 0 Å². The number of esters is 1. The van der Waals surface area contributed by atoms with Crippen molar-refractivity contribution in [3.63, 3.8) is 0 Å². The maximum Gasteiger partial charge on any atom is 0.339 e. The van der Waals surface area contributed by atoms with Crippen LogP contribution >= 0.6 is 11.6 Å². The standard InChI is InChI=1S/C19H21ClN2O7S2/c1-28-18-8-6-14(31(26,27)22-9-3-4-10-22)12-17(18)21-30(24,25)13-5-7-16(20)15(11-13)19(23)29-2/h5-8,11-12,21H,3-4,9-10H2,1-2H3. The number of ether oxygens (including phenoxy) is 2. The number of carbonyl (C=O) groups is 1. The summed E-state index contributed by atoms with van der Waals surface area (Å²) in [4.78, 5) is 11.5. The van der Waals surface area contributed by atoms with Crippen LogP contribution in [0.4, 0.5) is 5.69 Å². The van der Waals surface area contributed by atoms with Crippen molar-refractivity contribution in [3.8, 4) is 5.75 Å². The molecule has 31 heavy (non-hydrogen) atoms. The number of benzene rings is 2. The highest BCUT2D eigenvalue weighted by Crippen LogP contribution is 2.32. The maximum absolute atomic E-state index is 12.9. The Morgan fingerprint density at radius 2 is 1.65 bits per heavy atom. The first-order valence-electron chi connectivity index (χ1n) is 9.19. The molecule has 1 fully saturated rings. The Balaban J connectivity index is 2.00. The van der Waals surface area contributed by atoms with Gasteiger partial charge in [0, 0.05) is 13.1 Å². The second-order valence-electron chi connectivity index (χ2n) is 6.71. The zero-order chi connectivity index (χ0) is 22.8. The van der Waals surface area contributed by atoms with Crippen LogP contribution in [0.5, 0.6) is 5.75 Å². The summed E-state index contributed by atoms with van der Waals surface area (Å²) in [6.45, 7) is 0.826. The third-order valence-corrected chi connectivity index (χ3v) is 8.36. The molecular formula is C19H21ClN2O7S2. The Hall–Kier alpha value is -2.34. The highest BCUT2D eigenvalue weighted by atomic mass is 35.5. The third kappa shape index (κ3) is 4.79. The molecule has 3 rings (SSSR count). The number of anilines is 1. The quantitative estimate of drug-likeness (QED) is 0.595. The molecule has 1 N–H and O–H groups in total. The predicted molar refractivity (Wildman–Crippen MR) is 115 cm³/mol. The van der Waals surface area contributed by atoms with Gasteiger partial charge in [0.1, 0.15) is 5.75 Å². The second kappa shape index (κ2) is 9.03. The summed E-state index contributed by atoms with van der Waals surface area (Å²) < 4.78 is 65.1. The summed E-state index contributed by atoms with van der Waals surface area (Å²) in [7, 11) is -5.50. The lowest BCUT2D eigenvalue weighted by Crippen LogP contribution is -2.28. The van der Waals surface area contributed by atoms with Crippen molar-refractivity contribution in [2.75, 3.05) is 32.0 Å². The minimum atomic E-state index is -4.21. The van der Waals surface area contributed by atoms with Gasteiger partial charge in [-0.05, 0) is 49.2 Å². The van der Waals surface area contributed by atoms with Gasteiger partial charge in [-0.15, -0.1) is 0 Å². The summed E-state index contributed by atoms with van der Waals surface area (Å²) >= 11 is 5.95. The van der Waals surface area contributed by atoms with E-state index in [0.29, 0.717) is 13.1 Å². The fraction of sp³-hybridized carbons (Fsp3) is 0.316. The van der Waals surface area contributed by atoms with Crippen LogP contribution in [0.3, 0.4) is 0 Å². The minimum Gasteiger partial charge on any atom is -0.495 e. The van der Waals surface area contributed by atoms with Crippen molar-refractivity contribution in [1.29, 1.82) is 0 Å². The molecule has 168 valence electrons. The van der Waals surface area contributed by atoms with Gasteiger partial charge in [-0.2, -0.15) is 4.31 Å². The number of hydrogen-bond donors (Lipinski definition) is 1. The second-order valence-corrected chi connectivity index (χ2v) is 10.7. The van der Waals surface area contributed by atoms with E-state index in [1.165, 1.54) is 41.7 Å². The highest BCUT2D eigenvalue weighted by molar-refractivity contribution is 7.92. The van der Waals surface area contributed by atoms with Gasteiger partial charge in [-0.25, -0.2) is 21.6 Å². The predicted octanol–water partition coefficient (Wildman–Crippen LogP) is 2.72. The largest absolute Gasteiger partial charge is 0.495 e. The van der Waals surface area contributed by atoms with Crippen molar-refractivity contribution in [2.45, 2.75) is 22.6 Å². The lowest BCUT2D eigenvalue weighted by Gasteiger charge is -2.18. The summed E-state index contributed by atoms with van der Waals surface area (Å²) in [6.07, 6.45) is 1.54. The smallest absolute Gasteiger partial charge is 0.339 e. The number of carbonyl (C=O) groups excluding carboxylic acids is 1. The molecule has 0 amide bonds.